The molecule has 0 amide bonds. The topological polar surface area (TPSA) is 41.1 Å². The molecule has 0 bridgehead atoms. The maximum absolute atomic E-state index is 13.9. The Morgan fingerprint density at radius 3 is 2.83 bits per heavy atom. The van der Waals surface area contributed by atoms with Gasteiger partial charge in [-0.1, -0.05) is 6.92 Å². The van der Waals surface area contributed by atoms with Gasteiger partial charge in [0, 0.05) is 18.6 Å². The molecule has 1 fully saturated rings. The van der Waals surface area contributed by atoms with Gasteiger partial charge in [-0.2, -0.15) is 0 Å². The molecular weight excluding hydrogens is 231 g/mol. The van der Waals surface area contributed by atoms with E-state index in [1.54, 1.807) is 0 Å². The highest BCUT2D eigenvalue weighted by atomic mass is 19.1. The van der Waals surface area contributed by atoms with Crippen LogP contribution in [0.1, 0.15) is 32.4 Å². The van der Waals surface area contributed by atoms with Crippen molar-refractivity contribution in [2.24, 2.45) is 0 Å². The van der Waals surface area contributed by atoms with Crippen LogP contribution in [0.15, 0.2) is 6.33 Å². The van der Waals surface area contributed by atoms with Crippen LogP contribution in [0, 0.1) is 5.82 Å². The summed E-state index contributed by atoms with van der Waals surface area (Å²) in [5.74, 6) is -0.000767. The fourth-order valence-corrected chi connectivity index (χ4v) is 2.01. The van der Waals surface area contributed by atoms with Crippen molar-refractivity contribution < 1.29 is 4.39 Å². The number of hydrogen-bond donors (Lipinski definition) is 1. The Morgan fingerprint density at radius 2 is 2.22 bits per heavy atom. The van der Waals surface area contributed by atoms with Gasteiger partial charge in [0.2, 0.25) is 0 Å². The zero-order valence-corrected chi connectivity index (χ0v) is 11.3. The molecule has 1 aliphatic carbocycles. The Kier molecular flexibility index (Phi) is 4.11. The largest absolute Gasteiger partial charge is 0.366 e. The van der Waals surface area contributed by atoms with Gasteiger partial charge in [-0.15, -0.1) is 0 Å². The van der Waals surface area contributed by atoms with E-state index in [1.165, 1.54) is 19.2 Å². The summed E-state index contributed by atoms with van der Waals surface area (Å²) in [6, 6.07) is 1.08. The molecule has 0 aromatic carbocycles. The summed E-state index contributed by atoms with van der Waals surface area (Å²) in [5, 5.41) is 3.08. The van der Waals surface area contributed by atoms with Crippen molar-refractivity contribution in [3.63, 3.8) is 0 Å². The number of likely N-dealkylation sites (N-methyl/N-ethyl adjacent to an activating group) is 1. The molecular formula is C13H21FN4. The number of nitrogens with zero attached hydrogens (tertiary/aromatic N) is 3. The van der Waals surface area contributed by atoms with E-state index in [0.717, 1.165) is 0 Å². The third-order valence-corrected chi connectivity index (χ3v) is 3.58. The highest BCUT2D eigenvalue weighted by molar-refractivity contribution is 5.37. The number of hydrogen-bond acceptors (Lipinski definition) is 4. The van der Waals surface area contributed by atoms with Crippen LogP contribution < -0.4 is 5.32 Å². The zero-order chi connectivity index (χ0) is 13.1. The first-order chi connectivity index (χ1) is 8.63. The molecule has 0 saturated heterocycles. The smallest absolute Gasteiger partial charge is 0.186 e. The molecule has 1 unspecified atom stereocenters. The molecule has 1 aliphatic rings. The molecule has 18 heavy (non-hydrogen) atoms. The summed E-state index contributed by atoms with van der Waals surface area (Å²) in [6.45, 7) is 4.73. The Morgan fingerprint density at radius 1 is 1.50 bits per heavy atom. The summed E-state index contributed by atoms with van der Waals surface area (Å²) in [6.07, 6.45) is 4.56. The zero-order valence-electron chi connectivity index (χ0n) is 11.3. The minimum atomic E-state index is -0.318. The first-order valence-electron chi connectivity index (χ1n) is 6.58. The van der Waals surface area contributed by atoms with Gasteiger partial charge in [-0.3, -0.25) is 4.90 Å². The Bertz CT molecular complexity index is 406. The Labute approximate surface area is 108 Å². The van der Waals surface area contributed by atoms with Crippen molar-refractivity contribution >= 4 is 5.82 Å². The molecule has 0 radical (unpaired) electrons. The van der Waals surface area contributed by atoms with E-state index in [-0.39, 0.29) is 5.82 Å². The molecule has 2 rings (SSSR count). The molecule has 1 saturated carbocycles. The van der Waals surface area contributed by atoms with Crippen LogP contribution in [0.3, 0.4) is 0 Å². The lowest BCUT2D eigenvalue weighted by Crippen LogP contribution is -2.36. The molecule has 1 aromatic rings. The van der Waals surface area contributed by atoms with Crippen LogP contribution in [-0.4, -0.2) is 40.5 Å². The summed E-state index contributed by atoms with van der Waals surface area (Å²) in [7, 11) is 2.12. The van der Waals surface area contributed by atoms with Crippen LogP contribution in [0.25, 0.3) is 0 Å². The van der Waals surface area contributed by atoms with E-state index < -0.39 is 0 Å². The lowest BCUT2D eigenvalue weighted by atomic mass is 10.2. The quantitative estimate of drug-likeness (QED) is 0.841. The van der Waals surface area contributed by atoms with Crippen LogP contribution in [0.2, 0.25) is 0 Å². The van der Waals surface area contributed by atoms with Crippen LogP contribution in [-0.2, 0) is 6.42 Å². The fraction of sp³-hybridized carbons (Fsp3) is 0.692. The Hall–Kier alpha value is -1.23. The third-order valence-electron chi connectivity index (χ3n) is 3.58. The molecule has 1 heterocycles. The van der Waals surface area contributed by atoms with Gasteiger partial charge < -0.3 is 5.32 Å². The van der Waals surface area contributed by atoms with Gasteiger partial charge in [0.1, 0.15) is 6.33 Å². The second kappa shape index (κ2) is 5.61. The van der Waals surface area contributed by atoms with E-state index in [4.69, 9.17) is 0 Å². The normalized spacial score (nSPS) is 16.9. The van der Waals surface area contributed by atoms with Crippen molar-refractivity contribution in [1.29, 1.82) is 0 Å². The average Bonchev–Trinajstić information content (AvgIpc) is 3.20. The van der Waals surface area contributed by atoms with Gasteiger partial charge in [0.15, 0.2) is 11.6 Å². The second-order valence-corrected chi connectivity index (χ2v) is 4.96. The van der Waals surface area contributed by atoms with Crippen LogP contribution in [0.4, 0.5) is 10.2 Å². The minimum absolute atomic E-state index is 0.317. The lowest BCUT2D eigenvalue weighted by molar-refractivity contribution is 0.257. The van der Waals surface area contributed by atoms with Crippen LogP contribution in [0.5, 0.6) is 0 Å². The monoisotopic (exact) mass is 252 g/mol. The molecule has 0 spiro atoms. The van der Waals surface area contributed by atoms with E-state index >= 15 is 0 Å². The summed E-state index contributed by atoms with van der Waals surface area (Å²) in [5.41, 5.74) is 0.468. The predicted molar refractivity (Wildman–Crippen MR) is 70.1 cm³/mol. The minimum Gasteiger partial charge on any atom is -0.366 e. The number of nitrogens with one attached hydrogen (secondary N) is 1. The first-order valence-corrected chi connectivity index (χ1v) is 6.58. The highest BCUT2D eigenvalue weighted by Gasteiger charge is 2.29. The third kappa shape index (κ3) is 2.96. The maximum Gasteiger partial charge on any atom is 0.186 e. The van der Waals surface area contributed by atoms with Crippen molar-refractivity contribution in [2.45, 2.75) is 45.2 Å². The molecule has 0 aliphatic heterocycles. The summed E-state index contributed by atoms with van der Waals surface area (Å²) < 4.78 is 13.9. The van der Waals surface area contributed by atoms with E-state index in [2.05, 4.69) is 34.2 Å². The maximum atomic E-state index is 13.9. The van der Waals surface area contributed by atoms with E-state index in [1.807, 2.05) is 6.92 Å². The number of aromatic nitrogens is 2. The van der Waals surface area contributed by atoms with Gasteiger partial charge >= 0.3 is 0 Å². The number of halogens is 1. The SMILES string of the molecule is CCc1ncnc(NCC(C)N(C)C2CC2)c1F. The number of rotatable bonds is 6. The van der Waals surface area contributed by atoms with Crippen LogP contribution >= 0.6 is 0 Å². The Balaban J connectivity index is 1.93. The van der Waals surface area contributed by atoms with Gasteiger partial charge in [-0.25, -0.2) is 14.4 Å². The number of aryl methyl sites for hydroxylation is 1. The standard InChI is InChI=1S/C13H21FN4/c1-4-11-12(14)13(17-8-16-11)15-7-9(2)18(3)10-5-6-10/h8-10H,4-7H2,1-3H3,(H,15,16,17). The summed E-state index contributed by atoms with van der Waals surface area (Å²) in [4.78, 5) is 10.2. The summed E-state index contributed by atoms with van der Waals surface area (Å²) >= 11 is 0. The molecule has 100 valence electrons. The predicted octanol–water partition coefficient (Wildman–Crippen LogP) is 2.07. The van der Waals surface area contributed by atoms with Crippen molar-refractivity contribution in [2.75, 3.05) is 18.9 Å². The van der Waals surface area contributed by atoms with Gasteiger partial charge in [-0.05, 0) is 33.2 Å². The van der Waals surface area contributed by atoms with E-state index in [0.29, 0.717) is 36.6 Å². The van der Waals surface area contributed by atoms with Crippen molar-refractivity contribution in [3.8, 4) is 0 Å². The highest BCUT2D eigenvalue weighted by Crippen LogP contribution is 2.27. The van der Waals surface area contributed by atoms with Gasteiger partial charge in [0.25, 0.3) is 0 Å². The van der Waals surface area contributed by atoms with Crippen molar-refractivity contribution in [3.05, 3.63) is 17.8 Å². The fourth-order valence-electron chi connectivity index (χ4n) is 2.01. The van der Waals surface area contributed by atoms with Crippen molar-refractivity contribution in [1.82, 2.24) is 14.9 Å². The average molecular weight is 252 g/mol. The molecule has 1 atom stereocenters. The molecule has 5 heteroatoms. The molecule has 1 aromatic heterocycles. The van der Waals surface area contributed by atoms with E-state index in [9.17, 15) is 4.39 Å². The number of anilines is 1. The molecule has 1 N–H and O–H groups in total. The van der Waals surface area contributed by atoms with Gasteiger partial charge in [0.05, 0.1) is 5.69 Å². The molecule has 4 nitrogen and oxygen atoms in total. The second-order valence-electron chi connectivity index (χ2n) is 4.96. The lowest BCUT2D eigenvalue weighted by Gasteiger charge is -2.24. The first kappa shape index (κ1) is 13.2.